The molecule has 0 saturated heterocycles. The van der Waals surface area contributed by atoms with Gasteiger partial charge in [0, 0.05) is 5.56 Å². The van der Waals surface area contributed by atoms with Crippen LogP contribution in [0.2, 0.25) is 0 Å². The third kappa shape index (κ3) is 5.18. The van der Waals surface area contributed by atoms with E-state index in [0.29, 0.717) is 27.9 Å². The number of aliphatic carboxylic acids is 1. The van der Waals surface area contributed by atoms with E-state index in [0.717, 1.165) is 11.1 Å². The van der Waals surface area contributed by atoms with Gasteiger partial charge in [0.1, 0.15) is 17.2 Å². The highest BCUT2D eigenvalue weighted by atomic mass is 79.9. The Morgan fingerprint density at radius 1 is 1.33 bits per heavy atom. The number of carbonyl (C=O) groups is 3. The Bertz CT molecular complexity index is 873. The SMILES string of the molecule is COc1ccc(-c2sc(C=O)c(OCC(=O)O)c2Br)cc1/C=C/COC=O. The van der Waals surface area contributed by atoms with E-state index < -0.39 is 12.6 Å². The maximum atomic E-state index is 11.3. The van der Waals surface area contributed by atoms with Gasteiger partial charge in [0.15, 0.2) is 18.6 Å². The quantitative estimate of drug-likeness (QED) is 0.431. The molecule has 0 aliphatic heterocycles. The van der Waals surface area contributed by atoms with Crippen LogP contribution in [0.5, 0.6) is 11.5 Å². The van der Waals surface area contributed by atoms with E-state index in [2.05, 4.69) is 20.7 Å². The molecule has 1 heterocycles. The summed E-state index contributed by atoms with van der Waals surface area (Å²) >= 11 is 4.56. The van der Waals surface area contributed by atoms with Gasteiger partial charge in [-0.1, -0.05) is 6.08 Å². The summed E-state index contributed by atoms with van der Waals surface area (Å²) < 4.78 is 15.7. The Morgan fingerprint density at radius 3 is 2.74 bits per heavy atom. The average Bonchev–Trinajstić information content (AvgIpc) is 2.99. The molecule has 0 amide bonds. The van der Waals surface area contributed by atoms with E-state index in [1.165, 1.54) is 18.4 Å². The van der Waals surface area contributed by atoms with Crippen molar-refractivity contribution >= 4 is 52.1 Å². The average molecular weight is 455 g/mol. The van der Waals surface area contributed by atoms with Gasteiger partial charge in [-0.25, -0.2) is 4.79 Å². The first-order valence-corrected chi connectivity index (χ1v) is 9.15. The highest BCUT2D eigenvalue weighted by Crippen LogP contribution is 2.45. The maximum absolute atomic E-state index is 11.3. The smallest absolute Gasteiger partial charge is 0.341 e. The molecule has 9 heteroatoms. The van der Waals surface area contributed by atoms with Crippen LogP contribution < -0.4 is 9.47 Å². The Labute approximate surface area is 167 Å². The van der Waals surface area contributed by atoms with Crippen molar-refractivity contribution < 1.29 is 33.7 Å². The third-order valence-corrected chi connectivity index (χ3v) is 5.50. The van der Waals surface area contributed by atoms with Crippen LogP contribution in [0.4, 0.5) is 0 Å². The van der Waals surface area contributed by atoms with E-state index >= 15 is 0 Å². The largest absolute Gasteiger partial charge is 0.496 e. The summed E-state index contributed by atoms with van der Waals surface area (Å²) in [6, 6.07) is 5.41. The molecule has 1 aromatic carbocycles. The van der Waals surface area contributed by atoms with Crippen LogP contribution in [0.1, 0.15) is 15.2 Å². The molecule has 1 aromatic heterocycles. The first-order chi connectivity index (χ1) is 13.0. The minimum atomic E-state index is -1.14. The summed E-state index contributed by atoms with van der Waals surface area (Å²) in [6.45, 7) is -0.0641. The number of halogens is 1. The molecular weight excluding hydrogens is 440 g/mol. The fourth-order valence-electron chi connectivity index (χ4n) is 2.22. The highest BCUT2D eigenvalue weighted by Gasteiger charge is 2.20. The van der Waals surface area contributed by atoms with E-state index in [-0.39, 0.29) is 17.2 Å². The molecule has 2 aromatic rings. The number of carboxylic acid groups (broad SMARTS) is 1. The second kappa shape index (κ2) is 9.89. The van der Waals surface area contributed by atoms with Crippen molar-refractivity contribution in [2.75, 3.05) is 20.3 Å². The van der Waals surface area contributed by atoms with Crippen molar-refractivity contribution in [3.05, 3.63) is 39.2 Å². The predicted octanol–water partition coefficient (Wildman–Crippen LogP) is 3.65. The second-order valence-electron chi connectivity index (χ2n) is 5.03. The number of carboxylic acids is 1. The Morgan fingerprint density at radius 2 is 2.11 bits per heavy atom. The lowest BCUT2D eigenvalue weighted by Crippen LogP contribution is -2.09. The van der Waals surface area contributed by atoms with Gasteiger partial charge < -0.3 is 19.3 Å². The molecule has 0 unspecified atom stereocenters. The molecule has 0 aliphatic carbocycles. The Balaban J connectivity index is 2.42. The molecule has 0 radical (unpaired) electrons. The van der Waals surface area contributed by atoms with Crippen LogP contribution in [0, 0.1) is 0 Å². The van der Waals surface area contributed by atoms with Crippen LogP contribution in [0.3, 0.4) is 0 Å². The van der Waals surface area contributed by atoms with Crippen molar-refractivity contribution in [1.29, 1.82) is 0 Å². The van der Waals surface area contributed by atoms with Crippen LogP contribution in [-0.4, -0.2) is 44.2 Å². The van der Waals surface area contributed by atoms with Crippen molar-refractivity contribution in [3.8, 4) is 21.9 Å². The minimum Gasteiger partial charge on any atom is -0.496 e. The van der Waals surface area contributed by atoms with Crippen LogP contribution in [-0.2, 0) is 14.3 Å². The topological polar surface area (TPSA) is 99.1 Å². The van der Waals surface area contributed by atoms with Gasteiger partial charge in [-0.05, 0) is 45.8 Å². The number of hydrogen-bond donors (Lipinski definition) is 1. The van der Waals surface area contributed by atoms with E-state index in [9.17, 15) is 14.4 Å². The lowest BCUT2D eigenvalue weighted by Gasteiger charge is -2.08. The first kappa shape index (κ1) is 20.7. The van der Waals surface area contributed by atoms with Crippen molar-refractivity contribution in [1.82, 2.24) is 0 Å². The van der Waals surface area contributed by atoms with Crippen molar-refractivity contribution in [3.63, 3.8) is 0 Å². The fourth-order valence-corrected chi connectivity index (χ4v) is 4.10. The van der Waals surface area contributed by atoms with Gasteiger partial charge >= 0.3 is 5.97 Å². The van der Waals surface area contributed by atoms with Crippen molar-refractivity contribution in [2.24, 2.45) is 0 Å². The number of aldehydes is 1. The summed E-state index contributed by atoms with van der Waals surface area (Å²) in [5.41, 5.74) is 1.52. The van der Waals surface area contributed by atoms with Gasteiger partial charge in [0.05, 0.1) is 16.5 Å². The number of carbonyl (C=O) groups excluding carboxylic acids is 2. The predicted molar refractivity (Wildman–Crippen MR) is 104 cm³/mol. The molecule has 0 atom stereocenters. The minimum absolute atomic E-state index is 0.127. The van der Waals surface area contributed by atoms with Crippen LogP contribution >= 0.6 is 27.3 Å². The van der Waals surface area contributed by atoms with Gasteiger partial charge in [-0.3, -0.25) is 9.59 Å². The van der Waals surface area contributed by atoms with Gasteiger partial charge in [-0.15, -0.1) is 11.3 Å². The summed E-state index contributed by atoms with van der Waals surface area (Å²) in [4.78, 5) is 33.3. The lowest BCUT2D eigenvalue weighted by molar-refractivity contribution is -0.139. The molecule has 7 nitrogen and oxygen atoms in total. The molecule has 142 valence electrons. The number of hydrogen-bond acceptors (Lipinski definition) is 7. The summed E-state index contributed by atoms with van der Waals surface area (Å²) in [7, 11) is 1.54. The lowest BCUT2D eigenvalue weighted by atomic mass is 10.1. The number of thiophene rings is 1. The summed E-state index contributed by atoms with van der Waals surface area (Å²) in [5, 5.41) is 8.79. The number of ether oxygens (including phenoxy) is 3. The maximum Gasteiger partial charge on any atom is 0.341 e. The van der Waals surface area contributed by atoms with Crippen LogP contribution in [0.25, 0.3) is 16.5 Å². The molecule has 2 rings (SSSR count). The fraction of sp³-hybridized carbons (Fsp3) is 0.167. The van der Waals surface area contributed by atoms with Crippen LogP contribution in [0.15, 0.2) is 28.7 Å². The molecule has 1 N–H and O–H groups in total. The van der Waals surface area contributed by atoms with Gasteiger partial charge in [-0.2, -0.15) is 0 Å². The second-order valence-corrected chi connectivity index (χ2v) is 6.87. The van der Waals surface area contributed by atoms with Crippen molar-refractivity contribution in [2.45, 2.75) is 0 Å². The zero-order valence-electron chi connectivity index (χ0n) is 14.1. The first-order valence-electron chi connectivity index (χ1n) is 7.54. The van der Waals surface area contributed by atoms with Gasteiger partial charge in [0.2, 0.25) is 0 Å². The van der Waals surface area contributed by atoms with E-state index in [1.54, 1.807) is 18.2 Å². The molecule has 0 spiro atoms. The zero-order valence-corrected chi connectivity index (χ0v) is 16.5. The molecular formula is C18H15BrO7S. The normalized spacial score (nSPS) is 10.6. The summed E-state index contributed by atoms with van der Waals surface area (Å²) in [6.07, 6.45) is 4.03. The number of rotatable bonds is 10. The Kier molecular flexibility index (Phi) is 7.56. The standard InChI is InChI=1S/C18H15BrO7S/c1-24-13-5-4-12(7-11(13)3-2-6-25-10-21)18-16(19)17(14(8-20)27-18)26-9-15(22)23/h2-5,7-8,10H,6,9H2,1H3,(H,22,23)/b3-2+. The monoisotopic (exact) mass is 454 g/mol. The van der Waals surface area contributed by atoms with E-state index in [1.807, 2.05) is 12.1 Å². The molecule has 0 aliphatic rings. The molecule has 0 fully saturated rings. The summed E-state index contributed by atoms with van der Waals surface area (Å²) in [5.74, 6) is -0.327. The Hall–Kier alpha value is -2.65. The third-order valence-electron chi connectivity index (χ3n) is 3.33. The zero-order chi connectivity index (χ0) is 19.8. The molecule has 0 saturated carbocycles. The molecule has 27 heavy (non-hydrogen) atoms. The van der Waals surface area contributed by atoms with E-state index in [4.69, 9.17) is 14.6 Å². The number of benzene rings is 1. The number of methoxy groups -OCH3 is 1. The molecule has 0 bridgehead atoms. The highest BCUT2D eigenvalue weighted by molar-refractivity contribution is 9.10. The van der Waals surface area contributed by atoms with Gasteiger partial charge in [0.25, 0.3) is 6.47 Å².